The number of carbonyl (C=O) groups excluding carboxylic acids is 5. The Morgan fingerprint density at radius 3 is 2.26 bits per heavy atom. The number of carbonyl (C=O) groups is 5. The minimum absolute atomic E-state index is 0.222. The molecule has 2 rings (SSSR count). The third-order valence-electron chi connectivity index (χ3n) is 3.85. The number of benzene rings is 1. The van der Waals surface area contributed by atoms with Crippen LogP contribution in [0.3, 0.4) is 0 Å². The number of hydrogen-bond donors (Lipinski definition) is 2. The van der Waals surface area contributed by atoms with Crippen LogP contribution in [0.5, 0.6) is 0 Å². The van der Waals surface area contributed by atoms with E-state index >= 15 is 0 Å². The predicted molar refractivity (Wildman–Crippen MR) is 93.7 cm³/mol. The second-order valence-electron chi connectivity index (χ2n) is 5.98. The van der Waals surface area contributed by atoms with E-state index in [1.807, 2.05) is 6.92 Å². The lowest BCUT2D eigenvalue weighted by atomic mass is 10.1. The Balaban J connectivity index is 1.80. The van der Waals surface area contributed by atoms with E-state index in [4.69, 9.17) is 4.74 Å². The van der Waals surface area contributed by atoms with Crippen molar-refractivity contribution in [2.24, 2.45) is 0 Å². The van der Waals surface area contributed by atoms with Gasteiger partial charge in [0.25, 0.3) is 17.7 Å². The summed E-state index contributed by atoms with van der Waals surface area (Å²) in [5, 5.41) is 5.02. The van der Waals surface area contributed by atoms with Gasteiger partial charge in [0.1, 0.15) is 12.6 Å². The van der Waals surface area contributed by atoms with Crippen LogP contribution in [0, 0.1) is 0 Å². The zero-order valence-electron chi connectivity index (χ0n) is 15.1. The number of esters is 1. The van der Waals surface area contributed by atoms with Gasteiger partial charge in [-0.2, -0.15) is 0 Å². The van der Waals surface area contributed by atoms with Crippen LogP contribution in [0.2, 0.25) is 0 Å². The average molecular weight is 375 g/mol. The summed E-state index contributed by atoms with van der Waals surface area (Å²) in [6.45, 7) is 2.69. The van der Waals surface area contributed by atoms with Gasteiger partial charge in [-0.1, -0.05) is 19.1 Å². The topological polar surface area (TPSA) is 122 Å². The van der Waals surface area contributed by atoms with Crippen molar-refractivity contribution in [1.82, 2.24) is 15.5 Å². The van der Waals surface area contributed by atoms with Gasteiger partial charge in [-0.05, 0) is 25.5 Å². The number of imide groups is 1. The summed E-state index contributed by atoms with van der Waals surface area (Å²) in [5.41, 5.74) is 0.444. The van der Waals surface area contributed by atoms with Gasteiger partial charge in [-0.3, -0.25) is 28.9 Å². The fraction of sp³-hybridized carbons (Fsp3) is 0.389. The summed E-state index contributed by atoms with van der Waals surface area (Å²) < 4.78 is 4.79. The molecule has 9 heteroatoms. The molecule has 0 fully saturated rings. The lowest BCUT2D eigenvalue weighted by Crippen LogP contribution is -2.46. The van der Waals surface area contributed by atoms with Gasteiger partial charge in [-0.15, -0.1) is 0 Å². The molecule has 1 atom stereocenters. The van der Waals surface area contributed by atoms with Gasteiger partial charge in [0, 0.05) is 6.54 Å². The van der Waals surface area contributed by atoms with E-state index in [0.717, 1.165) is 11.3 Å². The molecule has 2 N–H and O–H groups in total. The predicted octanol–water partition coefficient (Wildman–Crippen LogP) is -0.143. The molecule has 4 amide bonds. The number of hydrogen-bond acceptors (Lipinski definition) is 6. The number of nitrogens with one attached hydrogen (secondary N) is 2. The molecule has 1 heterocycles. The van der Waals surface area contributed by atoms with E-state index in [1.54, 1.807) is 12.1 Å². The summed E-state index contributed by atoms with van der Waals surface area (Å²) in [5.74, 6) is -3.08. The standard InChI is InChI=1S/C18H21N3O6/c1-3-8-19-16(24)11(2)20-14(22)10-27-15(23)9-21-17(25)12-6-4-5-7-13(12)18(21)26/h4-7,11H,3,8-10H2,1-2H3,(H,19,24)(H,20,22)/t11-/m1/s1. The van der Waals surface area contributed by atoms with E-state index in [9.17, 15) is 24.0 Å². The number of nitrogens with zero attached hydrogens (tertiary/aromatic N) is 1. The quantitative estimate of drug-likeness (QED) is 0.482. The monoisotopic (exact) mass is 375 g/mol. The Bertz CT molecular complexity index is 741. The van der Waals surface area contributed by atoms with Crippen LogP contribution in [0.4, 0.5) is 0 Å². The Morgan fingerprint density at radius 1 is 1.11 bits per heavy atom. The van der Waals surface area contributed by atoms with Crippen molar-refractivity contribution in [3.63, 3.8) is 0 Å². The van der Waals surface area contributed by atoms with Crippen molar-refractivity contribution in [3.05, 3.63) is 35.4 Å². The molecule has 0 spiro atoms. The second kappa shape index (κ2) is 8.93. The van der Waals surface area contributed by atoms with E-state index in [0.29, 0.717) is 6.54 Å². The van der Waals surface area contributed by atoms with Gasteiger partial charge in [0.05, 0.1) is 11.1 Å². The van der Waals surface area contributed by atoms with Gasteiger partial charge in [0.2, 0.25) is 5.91 Å². The maximum atomic E-state index is 12.2. The highest BCUT2D eigenvalue weighted by atomic mass is 16.5. The molecule has 1 aromatic carbocycles. The first-order chi connectivity index (χ1) is 12.8. The smallest absolute Gasteiger partial charge is 0.326 e. The third kappa shape index (κ3) is 4.90. The first-order valence-corrected chi connectivity index (χ1v) is 8.53. The largest absolute Gasteiger partial charge is 0.454 e. The summed E-state index contributed by atoms with van der Waals surface area (Å²) >= 11 is 0. The molecule has 144 valence electrons. The first-order valence-electron chi connectivity index (χ1n) is 8.53. The lowest BCUT2D eigenvalue weighted by molar-refractivity contribution is -0.149. The lowest BCUT2D eigenvalue weighted by Gasteiger charge is -2.15. The van der Waals surface area contributed by atoms with Crippen molar-refractivity contribution in [3.8, 4) is 0 Å². The Kier molecular flexibility index (Phi) is 6.64. The molecule has 0 aliphatic carbocycles. The molecule has 0 aromatic heterocycles. The van der Waals surface area contributed by atoms with Crippen LogP contribution in [0.1, 0.15) is 41.0 Å². The second-order valence-corrected chi connectivity index (χ2v) is 5.98. The average Bonchev–Trinajstić information content (AvgIpc) is 2.89. The van der Waals surface area contributed by atoms with E-state index in [-0.39, 0.29) is 17.0 Å². The maximum absolute atomic E-state index is 12.2. The highest BCUT2D eigenvalue weighted by Gasteiger charge is 2.36. The fourth-order valence-corrected chi connectivity index (χ4v) is 2.45. The van der Waals surface area contributed by atoms with Crippen LogP contribution < -0.4 is 10.6 Å². The number of amides is 4. The van der Waals surface area contributed by atoms with Gasteiger partial charge in [-0.25, -0.2) is 0 Å². The van der Waals surface area contributed by atoms with E-state index < -0.39 is 42.9 Å². The third-order valence-corrected chi connectivity index (χ3v) is 3.85. The molecule has 1 aliphatic rings. The molecule has 0 saturated carbocycles. The van der Waals surface area contributed by atoms with Gasteiger partial charge in [0.15, 0.2) is 6.61 Å². The molecule has 27 heavy (non-hydrogen) atoms. The van der Waals surface area contributed by atoms with Crippen molar-refractivity contribution < 1.29 is 28.7 Å². The molecular formula is C18H21N3O6. The summed E-state index contributed by atoms with van der Waals surface area (Å²) in [4.78, 5) is 60.4. The molecule has 0 unspecified atom stereocenters. The minimum Gasteiger partial charge on any atom is -0.454 e. The molecule has 0 radical (unpaired) electrons. The molecule has 0 bridgehead atoms. The first kappa shape index (κ1) is 20.1. The van der Waals surface area contributed by atoms with Crippen LogP contribution in [-0.2, 0) is 19.1 Å². The normalized spacial score (nSPS) is 13.8. The van der Waals surface area contributed by atoms with Gasteiger partial charge >= 0.3 is 5.97 Å². The zero-order chi connectivity index (χ0) is 20.0. The Hall–Kier alpha value is -3.23. The number of fused-ring (bicyclic) bond motifs is 1. The van der Waals surface area contributed by atoms with Crippen molar-refractivity contribution in [2.75, 3.05) is 19.7 Å². The Morgan fingerprint density at radius 2 is 1.70 bits per heavy atom. The van der Waals surface area contributed by atoms with Crippen LogP contribution in [0.25, 0.3) is 0 Å². The number of ether oxygens (including phenoxy) is 1. The fourth-order valence-electron chi connectivity index (χ4n) is 2.45. The molecule has 1 aromatic rings. The Labute approximate surface area is 156 Å². The zero-order valence-corrected chi connectivity index (χ0v) is 15.1. The molecule has 9 nitrogen and oxygen atoms in total. The molecular weight excluding hydrogens is 354 g/mol. The van der Waals surface area contributed by atoms with Crippen LogP contribution in [0.15, 0.2) is 24.3 Å². The van der Waals surface area contributed by atoms with Crippen molar-refractivity contribution >= 4 is 29.6 Å². The van der Waals surface area contributed by atoms with E-state index in [2.05, 4.69) is 10.6 Å². The van der Waals surface area contributed by atoms with Gasteiger partial charge < -0.3 is 15.4 Å². The SMILES string of the molecule is CCCNC(=O)[C@@H](C)NC(=O)COC(=O)CN1C(=O)c2ccccc2C1=O. The van der Waals surface area contributed by atoms with E-state index in [1.165, 1.54) is 19.1 Å². The van der Waals surface area contributed by atoms with Crippen LogP contribution >= 0.6 is 0 Å². The van der Waals surface area contributed by atoms with Crippen molar-refractivity contribution in [1.29, 1.82) is 0 Å². The summed E-state index contributed by atoms with van der Waals surface area (Å²) in [7, 11) is 0. The highest BCUT2D eigenvalue weighted by molar-refractivity contribution is 6.22. The minimum atomic E-state index is -0.900. The highest BCUT2D eigenvalue weighted by Crippen LogP contribution is 2.21. The molecule has 1 aliphatic heterocycles. The molecule has 0 saturated heterocycles. The number of rotatable bonds is 8. The van der Waals surface area contributed by atoms with Crippen LogP contribution in [-0.4, -0.2) is 60.2 Å². The maximum Gasteiger partial charge on any atom is 0.326 e. The van der Waals surface area contributed by atoms with Crippen molar-refractivity contribution in [2.45, 2.75) is 26.3 Å². The summed E-state index contributed by atoms with van der Waals surface area (Å²) in [6, 6.07) is 5.46. The summed E-state index contributed by atoms with van der Waals surface area (Å²) in [6.07, 6.45) is 0.766.